The van der Waals surface area contributed by atoms with Crippen LogP contribution >= 0.6 is 0 Å². The van der Waals surface area contributed by atoms with Gasteiger partial charge in [-0.25, -0.2) is 8.78 Å². The summed E-state index contributed by atoms with van der Waals surface area (Å²) in [6.07, 6.45) is 0.108. The topological polar surface area (TPSA) is 70.2 Å². The van der Waals surface area contributed by atoms with Crippen LogP contribution in [0.4, 0.5) is 14.5 Å². The van der Waals surface area contributed by atoms with Crippen LogP contribution in [-0.2, 0) is 22.5 Å². The summed E-state index contributed by atoms with van der Waals surface area (Å²) in [6.45, 7) is 1.82. The van der Waals surface area contributed by atoms with Crippen molar-refractivity contribution in [1.29, 1.82) is 0 Å². The third kappa shape index (κ3) is 3.82. The van der Waals surface area contributed by atoms with Crippen molar-refractivity contribution in [2.45, 2.75) is 13.0 Å². The third-order valence-electron chi connectivity index (χ3n) is 4.77. The molecule has 0 spiro atoms. The number of anilines is 1. The number of carbonyl (C=O) groups excluding carboxylic acids is 1. The lowest BCUT2D eigenvalue weighted by Crippen LogP contribution is -2.37. The largest absolute Gasteiger partial charge is 0.378 e. The average Bonchev–Trinajstić information content (AvgIpc) is 3.10. The summed E-state index contributed by atoms with van der Waals surface area (Å²) in [5.41, 5.74) is 1.82. The molecule has 1 fully saturated rings. The number of amides is 1. The second-order valence-corrected chi connectivity index (χ2v) is 6.68. The molecule has 1 aromatic heterocycles. The Labute approximate surface area is 160 Å². The van der Waals surface area contributed by atoms with E-state index in [9.17, 15) is 13.6 Å². The molecule has 0 bridgehead atoms. The molecule has 1 saturated heterocycles. The number of morpholine rings is 1. The predicted molar refractivity (Wildman–Crippen MR) is 101 cm³/mol. The molecule has 6 nitrogen and oxygen atoms in total. The third-order valence-corrected chi connectivity index (χ3v) is 4.77. The van der Waals surface area contributed by atoms with Gasteiger partial charge in [-0.15, -0.1) is 0 Å². The zero-order valence-corrected chi connectivity index (χ0v) is 15.2. The molecule has 0 atom stereocenters. The lowest BCUT2D eigenvalue weighted by atomic mass is 10.1. The van der Waals surface area contributed by atoms with E-state index in [1.165, 1.54) is 12.1 Å². The summed E-state index contributed by atoms with van der Waals surface area (Å²) in [4.78, 5) is 13.9. The summed E-state index contributed by atoms with van der Waals surface area (Å²) in [6, 6.07) is 10.0. The Morgan fingerprint density at radius 3 is 2.64 bits per heavy atom. The van der Waals surface area contributed by atoms with E-state index >= 15 is 0 Å². The molecule has 28 heavy (non-hydrogen) atoms. The lowest BCUT2D eigenvalue weighted by molar-refractivity contribution is -0.120. The van der Waals surface area contributed by atoms with E-state index in [4.69, 9.17) is 4.74 Å². The lowest BCUT2D eigenvalue weighted by Gasteiger charge is -2.29. The van der Waals surface area contributed by atoms with Gasteiger partial charge in [-0.2, -0.15) is 5.10 Å². The number of hydrogen-bond donors (Lipinski definition) is 2. The van der Waals surface area contributed by atoms with Gasteiger partial charge >= 0.3 is 0 Å². The molecule has 4 rings (SSSR count). The van der Waals surface area contributed by atoms with Crippen LogP contribution in [0.1, 0.15) is 11.3 Å². The quantitative estimate of drug-likeness (QED) is 0.707. The highest BCUT2D eigenvalue weighted by atomic mass is 19.1. The zero-order valence-electron chi connectivity index (χ0n) is 15.2. The van der Waals surface area contributed by atoms with Crippen LogP contribution in [0, 0.1) is 11.6 Å². The van der Waals surface area contributed by atoms with Gasteiger partial charge in [0.05, 0.1) is 30.8 Å². The van der Waals surface area contributed by atoms with Crippen molar-refractivity contribution < 1.29 is 18.3 Å². The number of halogens is 2. The number of nitrogens with one attached hydrogen (secondary N) is 2. The average molecular weight is 386 g/mol. The number of hydrogen-bond acceptors (Lipinski definition) is 4. The van der Waals surface area contributed by atoms with Gasteiger partial charge in [0.2, 0.25) is 5.91 Å². The molecule has 146 valence electrons. The Morgan fingerprint density at radius 1 is 1.18 bits per heavy atom. The highest BCUT2D eigenvalue weighted by Crippen LogP contribution is 2.26. The molecule has 2 aromatic carbocycles. The Morgan fingerprint density at radius 2 is 1.89 bits per heavy atom. The Bertz CT molecular complexity index is 976. The van der Waals surface area contributed by atoms with Crippen molar-refractivity contribution in [3.05, 3.63) is 59.3 Å². The van der Waals surface area contributed by atoms with Crippen LogP contribution in [0.15, 0.2) is 36.4 Å². The smallest absolute Gasteiger partial charge is 0.226 e. The molecule has 0 aliphatic carbocycles. The molecule has 1 aliphatic rings. The van der Waals surface area contributed by atoms with Crippen molar-refractivity contribution >= 4 is 22.5 Å². The van der Waals surface area contributed by atoms with Gasteiger partial charge in [0.1, 0.15) is 17.3 Å². The van der Waals surface area contributed by atoms with Crippen molar-refractivity contribution in [3.8, 4) is 0 Å². The number of H-pyrrole nitrogens is 1. The maximum absolute atomic E-state index is 14.5. The molecular weight excluding hydrogens is 366 g/mol. The standard InChI is InChI=1S/C20H20F2N4O2/c21-15-9-13(10-16(22)20(15)26-5-7-28-8-6-26)12-23-19(27)11-18-14-3-1-2-4-17(14)24-25-18/h1-4,9-10H,5-8,11-12H2,(H,23,27)(H,24,25). The minimum atomic E-state index is -0.634. The Hall–Kier alpha value is -3.00. The number of ether oxygens (including phenoxy) is 1. The van der Waals surface area contributed by atoms with Gasteiger partial charge in [-0.3, -0.25) is 9.89 Å². The first-order valence-electron chi connectivity index (χ1n) is 9.11. The molecule has 2 heterocycles. The molecular formula is C20H20F2N4O2. The highest BCUT2D eigenvalue weighted by molar-refractivity contribution is 5.87. The van der Waals surface area contributed by atoms with E-state index in [0.717, 1.165) is 10.9 Å². The molecule has 2 N–H and O–H groups in total. The maximum atomic E-state index is 14.5. The van der Waals surface area contributed by atoms with Crippen LogP contribution in [-0.4, -0.2) is 42.4 Å². The normalized spacial score (nSPS) is 14.4. The molecule has 3 aromatic rings. The minimum absolute atomic E-state index is 0.0395. The number of aromatic amines is 1. The Balaban J connectivity index is 1.41. The molecule has 8 heteroatoms. The zero-order chi connectivity index (χ0) is 19.5. The monoisotopic (exact) mass is 386 g/mol. The number of benzene rings is 2. The van der Waals surface area contributed by atoms with Crippen LogP contribution < -0.4 is 10.2 Å². The summed E-state index contributed by atoms with van der Waals surface area (Å²) in [5.74, 6) is -1.52. The van der Waals surface area contributed by atoms with E-state index < -0.39 is 11.6 Å². The number of aromatic nitrogens is 2. The van der Waals surface area contributed by atoms with Crippen molar-refractivity contribution in [2.75, 3.05) is 31.2 Å². The highest BCUT2D eigenvalue weighted by Gasteiger charge is 2.20. The van der Waals surface area contributed by atoms with E-state index in [1.54, 1.807) is 4.90 Å². The van der Waals surface area contributed by atoms with Gasteiger partial charge in [0.15, 0.2) is 0 Å². The molecule has 0 radical (unpaired) electrons. The van der Waals surface area contributed by atoms with Gasteiger partial charge < -0.3 is 15.0 Å². The number of nitrogens with zero attached hydrogens (tertiary/aromatic N) is 2. The predicted octanol–water partition coefficient (Wildman–Crippen LogP) is 2.54. The first-order chi connectivity index (χ1) is 13.6. The van der Waals surface area contributed by atoms with E-state index in [0.29, 0.717) is 37.6 Å². The van der Waals surface area contributed by atoms with Crippen LogP contribution in [0.25, 0.3) is 10.9 Å². The number of fused-ring (bicyclic) bond motifs is 1. The minimum Gasteiger partial charge on any atom is -0.378 e. The van der Waals surface area contributed by atoms with E-state index in [2.05, 4.69) is 15.5 Å². The summed E-state index contributed by atoms with van der Waals surface area (Å²) >= 11 is 0. The SMILES string of the molecule is O=C(Cc1[nH]nc2ccccc12)NCc1cc(F)c(N2CCOCC2)c(F)c1. The second-order valence-electron chi connectivity index (χ2n) is 6.68. The summed E-state index contributed by atoms with van der Waals surface area (Å²) in [7, 11) is 0. The summed E-state index contributed by atoms with van der Waals surface area (Å²) < 4.78 is 34.1. The molecule has 1 aliphatic heterocycles. The van der Waals surface area contributed by atoms with E-state index in [1.807, 2.05) is 24.3 Å². The fourth-order valence-corrected chi connectivity index (χ4v) is 3.38. The first kappa shape index (κ1) is 18.4. The van der Waals surface area contributed by atoms with Crippen LogP contribution in [0.2, 0.25) is 0 Å². The molecule has 0 unspecified atom stereocenters. The van der Waals surface area contributed by atoms with Gasteiger partial charge in [0, 0.05) is 25.0 Å². The second kappa shape index (κ2) is 7.93. The van der Waals surface area contributed by atoms with Crippen molar-refractivity contribution in [2.24, 2.45) is 0 Å². The van der Waals surface area contributed by atoms with Crippen molar-refractivity contribution in [1.82, 2.24) is 15.5 Å². The molecule has 0 saturated carbocycles. The van der Waals surface area contributed by atoms with Gasteiger partial charge in [0.25, 0.3) is 0 Å². The van der Waals surface area contributed by atoms with Gasteiger partial charge in [-0.1, -0.05) is 18.2 Å². The number of rotatable bonds is 5. The van der Waals surface area contributed by atoms with E-state index in [-0.39, 0.29) is 24.6 Å². The first-order valence-corrected chi connectivity index (χ1v) is 9.11. The number of carbonyl (C=O) groups is 1. The van der Waals surface area contributed by atoms with Crippen LogP contribution in [0.3, 0.4) is 0 Å². The molecule has 1 amide bonds. The van der Waals surface area contributed by atoms with Crippen LogP contribution in [0.5, 0.6) is 0 Å². The van der Waals surface area contributed by atoms with Gasteiger partial charge in [-0.05, 0) is 23.8 Å². The number of para-hydroxylation sites is 1. The maximum Gasteiger partial charge on any atom is 0.226 e. The summed E-state index contributed by atoms with van der Waals surface area (Å²) in [5, 5.41) is 10.6. The fourth-order valence-electron chi connectivity index (χ4n) is 3.38. The Kier molecular flexibility index (Phi) is 5.21. The van der Waals surface area contributed by atoms with Crippen molar-refractivity contribution in [3.63, 3.8) is 0 Å². The fraction of sp³-hybridized carbons (Fsp3) is 0.300.